The molecule has 0 bridgehead atoms. The standard InChI is InChI=1S/C14H22N2O3S/c1-4-5-14(17)8-16(9-14)20(18,19)13-10(2)6-12(15)7-11(13)3/h6-7,17H,4-5,8-9,15H2,1-3H3. The fourth-order valence-corrected chi connectivity index (χ4v) is 4.93. The van der Waals surface area contributed by atoms with E-state index in [1.807, 2.05) is 6.92 Å². The molecular formula is C14H22N2O3S. The smallest absolute Gasteiger partial charge is 0.243 e. The van der Waals surface area contributed by atoms with Gasteiger partial charge in [-0.3, -0.25) is 0 Å². The van der Waals surface area contributed by atoms with Gasteiger partial charge in [-0.1, -0.05) is 13.3 Å². The molecular weight excluding hydrogens is 276 g/mol. The molecule has 1 aromatic carbocycles. The summed E-state index contributed by atoms with van der Waals surface area (Å²) in [5, 5.41) is 10.1. The van der Waals surface area contributed by atoms with E-state index in [4.69, 9.17) is 5.73 Å². The average molecular weight is 298 g/mol. The van der Waals surface area contributed by atoms with E-state index in [0.29, 0.717) is 28.1 Å². The van der Waals surface area contributed by atoms with E-state index in [0.717, 1.165) is 6.42 Å². The van der Waals surface area contributed by atoms with Crippen LogP contribution in [-0.4, -0.2) is 36.5 Å². The molecule has 112 valence electrons. The number of hydrogen-bond acceptors (Lipinski definition) is 4. The molecule has 1 heterocycles. The molecule has 0 amide bonds. The Bertz CT molecular complexity index is 596. The number of nitrogen functional groups attached to an aromatic ring is 1. The predicted octanol–water partition coefficient (Wildman–Crippen LogP) is 1.42. The highest BCUT2D eigenvalue weighted by Crippen LogP contribution is 2.34. The Morgan fingerprint density at radius 3 is 2.25 bits per heavy atom. The quantitative estimate of drug-likeness (QED) is 0.824. The topological polar surface area (TPSA) is 83.6 Å². The molecule has 1 aromatic rings. The molecule has 2 rings (SSSR count). The van der Waals surface area contributed by atoms with E-state index >= 15 is 0 Å². The molecule has 0 aromatic heterocycles. The van der Waals surface area contributed by atoms with Gasteiger partial charge >= 0.3 is 0 Å². The van der Waals surface area contributed by atoms with E-state index in [9.17, 15) is 13.5 Å². The molecule has 0 atom stereocenters. The first kappa shape index (κ1) is 15.3. The Morgan fingerprint density at radius 1 is 1.30 bits per heavy atom. The number of aryl methyl sites for hydroxylation is 2. The van der Waals surface area contributed by atoms with Crippen LogP contribution in [0, 0.1) is 13.8 Å². The fraction of sp³-hybridized carbons (Fsp3) is 0.571. The fourth-order valence-electron chi connectivity index (χ4n) is 2.92. The van der Waals surface area contributed by atoms with Crippen molar-refractivity contribution < 1.29 is 13.5 Å². The van der Waals surface area contributed by atoms with E-state index in [1.165, 1.54) is 4.31 Å². The Morgan fingerprint density at radius 2 is 1.80 bits per heavy atom. The van der Waals surface area contributed by atoms with Gasteiger partial charge < -0.3 is 10.8 Å². The lowest BCUT2D eigenvalue weighted by Crippen LogP contribution is -2.63. The van der Waals surface area contributed by atoms with Crippen LogP contribution in [0.2, 0.25) is 0 Å². The molecule has 1 aliphatic heterocycles. The monoisotopic (exact) mass is 298 g/mol. The van der Waals surface area contributed by atoms with Crippen LogP contribution in [0.15, 0.2) is 17.0 Å². The van der Waals surface area contributed by atoms with E-state index in [1.54, 1.807) is 26.0 Å². The Labute approximate surface area is 120 Å². The first-order chi connectivity index (χ1) is 9.19. The number of rotatable bonds is 4. The summed E-state index contributed by atoms with van der Waals surface area (Å²) in [6, 6.07) is 3.33. The van der Waals surface area contributed by atoms with Crippen LogP contribution in [0.25, 0.3) is 0 Å². The molecule has 1 aliphatic rings. The molecule has 0 radical (unpaired) electrons. The second-order valence-electron chi connectivity index (χ2n) is 5.73. The minimum absolute atomic E-state index is 0.173. The molecule has 0 saturated carbocycles. The third-order valence-electron chi connectivity index (χ3n) is 3.74. The number of anilines is 1. The first-order valence-corrected chi connectivity index (χ1v) is 8.23. The Hall–Kier alpha value is -1.11. The van der Waals surface area contributed by atoms with Crippen molar-refractivity contribution in [1.29, 1.82) is 0 Å². The summed E-state index contributed by atoms with van der Waals surface area (Å²) in [6.45, 7) is 5.81. The van der Waals surface area contributed by atoms with Crippen molar-refractivity contribution in [3.05, 3.63) is 23.3 Å². The maximum Gasteiger partial charge on any atom is 0.243 e. The first-order valence-electron chi connectivity index (χ1n) is 6.79. The molecule has 20 heavy (non-hydrogen) atoms. The highest BCUT2D eigenvalue weighted by atomic mass is 32.2. The van der Waals surface area contributed by atoms with Crippen molar-refractivity contribution in [3.8, 4) is 0 Å². The zero-order valence-corrected chi connectivity index (χ0v) is 13.0. The summed E-state index contributed by atoms with van der Waals surface area (Å²) in [5.41, 5.74) is 6.72. The van der Waals surface area contributed by atoms with Crippen LogP contribution < -0.4 is 5.73 Å². The largest absolute Gasteiger partial charge is 0.399 e. The van der Waals surface area contributed by atoms with Gasteiger partial charge in [0.15, 0.2) is 0 Å². The second kappa shape index (κ2) is 5.02. The molecule has 1 fully saturated rings. The Balaban J connectivity index is 2.30. The van der Waals surface area contributed by atoms with Gasteiger partial charge in [0.05, 0.1) is 10.5 Å². The lowest BCUT2D eigenvalue weighted by molar-refractivity contribution is -0.0653. The minimum Gasteiger partial charge on any atom is -0.399 e. The van der Waals surface area contributed by atoms with Gasteiger partial charge in [-0.05, 0) is 43.5 Å². The molecule has 0 aliphatic carbocycles. The van der Waals surface area contributed by atoms with Gasteiger partial charge in [0.2, 0.25) is 10.0 Å². The summed E-state index contributed by atoms with van der Waals surface area (Å²) < 4.78 is 26.6. The van der Waals surface area contributed by atoms with Crippen LogP contribution in [0.1, 0.15) is 30.9 Å². The molecule has 1 saturated heterocycles. The van der Waals surface area contributed by atoms with Gasteiger partial charge in [-0.25, -0.2) is 8.42 Å². The average Bonchev–Trinajstić information content (AvgIpc) is 2.23. The Kier molecular flexibility index (Phi) is 3.83. The number of β-amino-alcohol motifs (C(OH)–C–C–N with tert-alkyl or cyclic N) is 1. The van der Waals surface area contributed by atoms with Gasteiger partial charge in [0.25, 0.3) is 0 Å². The number of benzene rings is 1. The van der Waals surface area contributed by atoms with Crippen LogP contribution in [0.4, 0.5) is 5.69 Å². The van der Waals surface area contributed by atoms with Crippen molar-refractivity contribution in [2.24, 2.45) is 0 Å². The molecule has 5 nitrogen and oxygen atoms in total. The normalized spacial score (nSPS) is 18.8. The highest BCUT2D eigenvalue weighted by Gasteiger charge is 2.47. The lowest BCUT2D eigenvalue weighted by Gasteiger charge is -2.45. The maximum absolute atomic E-state index is 12.6. The highest BCUT2D eigenvalue weighted by molar-refractivity contribution is 7.89. The number of aliphatic hydroxyl groups is 1. The molecule has 6 heteroatoms. The van der Waals surface area contributed by atoms with Gasteiger partial charge in [0.1, 0.15) is 0 Å². The summed E-state index contributed by atoms with van der Waals surface area (Å²) in [6.07, 6.45) is 1.46. The van der Waals surface area contributed by atoms with E-state index in [-0.39, 0.29) is 13.1 Å². The van der Waals surface area contributed by atoms with Crippen LogP contribution in [-0.2, 0) is 10.0 Å². The van der Waals surface area contributed by atoms with Crippen molar-refractivity contribution in [1.82, 2.24) is 4.31 Å². The third kappa shape index (κ3) is 2.55. The zero-order chi connectivity index (χ0) is 15.1. The SMILES string of the molecule is CCCC1(O)CN(S(=O)(=O)c2c(C)cc(N)cc2C)C1. The summed E-state index contributed by atoms with van der Waals surface area (Å²) >= 11 is 0. The van der Waals surface area contributed by atoms with Crippen LogP contribution >= 0.6 is 0 Å². The molecule has 0 spiro atoms. The minimum atomic E-state index is -3.55. The van der Waals surface area contributed by atoms with Crippen molar-refractivity contribution >= 4 is 15.7 Å². The van der Waals surface area contributed by atoms with Crippen molar-refractivity contribution in [2.75, 3.05) is 18.8 Å². The number of nitrogens with two attached hydrogens (primary N) is 1. The number of hydrogen-bond donors (Lipinski definition) is 2. The number of nitrogens with zero attached hydrogens (tertiary/aromatic N) is 1. The van der Waals surface area contributed by atoms with Gasteiger partial charge in [-0.2, -0.15) is 4.31 Å². The summed E-state index contributed by atoms with van der Waals surface area (Å²) in [7, 11) is -3.55. The van der Waals surface area contributed by atoms with Gasteiger partial charge in [0, 0.05) is 18.8 Å². The predicted molar refractivity (Wildman–Crippen MR) is 78.9 cm³/mol. The van der Waals surface area contributed by atoms with Crippen molar-refractivity contribution in [3.63, 3.8) is 0 Å². The van der Waals surface area contributed by atoms with E-state index < -0.39 is 15.6 Å². The van der Waals surface area contributed by atoms with E-state index in [2.05, 4.69) is 0 Å². The third-order valence-corrected chi connectivity index (χ3v) is 5.84. The summed E-state index contributed by atoms with van der Waals surface area (Å²) in [5.74, 6) is 0. The lowest BCUT2D eigenvalue weighted by atomic mass is 9.92. The molecule has 0 unspecified atom stereocenters. The van der Waals surface area contributed by atoms with Crippen LogP contribution in [0.5, 0.6) is 0 Å². The van der Waals surface area contributed by atoms with Gasteiger partial charge in [-0.15, -0.1) is 0 Å². The summed E-state index contributed by atoms with van der Waals surface area (Å²) in [4.78, 5) is 0.310. The second-order valence-corrected chi connectivity index (χ2v) is 7.61. The van der Waals surface area contributed by atoms with Crippen molar-refractivity contribution in [2.45, 2.75) is 44.1 Å². The van der Waals surface area contributed by atoms with Crippen LogP contribution in [0.3, 0.4) is 0 Å². The molecule has 3 N–H and O–H groups in total. The number of sulfonamides is 1. The zero-order valence-electron chi connectivity index (χ0n) is 12.2. The maximum atomic E-state index is 12.6.